The van der Waals surface area contributed by atoms with Crippen LogP contribution in [0.15, 0.2) is 6.07 Å². The summed E-state index contributed by atoms with van der Waals surface area (Å²) in [6.45, 7) is 10.9. The summed E-state index contributed by atoms with van der Waals surface area (Å²) in [6.07, 6.45) is 0.934. The predicted octanol–water partition coefficient (Wildman–Crippen LogP) is 1.78. The average molecular weight is 251 g/mol. The molecule has 0 radical (unpaired) electrons. The van der Waals surface area contributed by atoms with Gasteiger partial charge in [0.15, 0.2) is 0 Å². The molecule has 0 saturated carbocycles. The van der Waals surface area contributed by atoms with Crippen molar-refractivity contribution < 1.29 is 0 Å². The Balaban J connectivity index is 2.86. The van der Waals surface area contributed by atoms with Gasteiger partial charge in [0.1, 0.15) is 17.5 Å². The number of anilines is 2. The maximum Gasteiger partial charge on any atom is 0.134 e. The smallest absolute Gasteiger partial charge is 0.134 e. The van der Waals surface area contributed by atoms with Crippen LogP contribution in [0.2, 0.25) is 0 Å². The van der Waals surface area contributed by atoms with Crippen LogP contribution in [-0.4, -0.2) is 35.6 Å². The largest absolute Gasteiger partial charge is 0.367 e. The Morgan fingerprint density at radius 3 is 2.56 bits per heavy atom. The van der Waals surface area contributed by atoms with Gasteiger partial charge in [0, 0.05) is 25.2 Å². The van der Waals surface area contributed by atoms with Crippen LogP contribution in [-0.2, 0) is 0 Å². The predicted molar refractivity (Wildman–Crippen MR) is 77.1 cm³/mol. The molecule has 0 amide bonds. The lowest BCUT2D eigenvalue weighted by Crippen LogP contribution is -2.25. The van der Waals surface area contributed by atoms with Gasteiger partial charge >= 0.3 is 0 Å². The number of aryl methyl sites for hydroxylation is 1. The van der Waals surface area contributed by atoms with E-state index in [2.05, 4.69) is 41.0 Å². The number of aromatic nitrogens is 2. The van der Waals surface area contributed by atoms with Gasteiger partial charge in [0.05, 0.1) is 0 Å². The summed E-state index contributed by atoms with van der Waals surface area (Å²) in [6, 6.07) is 2.33. The van der Waals surface area contributed by atoms with Gasteiger partial charge in [-0.3, -0.25) is 0 Å². The van der Waals surface area contributed by atoms with Gasteiger partial charge in [0.2, 0.25) is 0 Å². The van der Waals surface area contributed by atoms with E-state index in [9.17, 15) is 0 Å². The van der Waals surface area contributed by atoms with Gasteiger partial charge in [-0.05, 0) is 40.7 Å². The Morgan fingerprint density at radius 2 is 2.00 bits per heavy atom. The fourth-order valence-electron chi connectivity index (χ4n) is 1.91. The zero-order valence-electron chi connectivity index (χ0n) is 11.9. The van der Waals surface area contributed by atoms with Gasteiger partial charge in [-0.1, -0.05) is 0 Å². The quantitative estimate of drug-likeness (QED) is 0.773. The van der Waals surface area contributed by atoms with Gasteiger partial charge in [-0.15, -0.1) is 0 Å². The molecular formula is C13H25N5. The average Bonchev–Trinajstić information content (AvgIpc) is 2.30. The molecule has 5 heteroatoms. The van der Waals surface area contributed by atoms with Crippen molar-refractivity contribution in [3.05, 3.63) is 11.9 Å². The number of hydrogen-bond donors (Lipinski definition) is 2. The Morgan fingerprint density at radius 1 is 1.33 bits per heavy atom. The molecule has 0 aromatic carbocycles. The molecule has 5 nitrogen and oxygen atoms in total. The summed E-state index contributed by atoms with van der Waals surface area (Å²) in [5, 5.41) is 3.37. The van der Waals surface area contributed by atoms with Crippen molar-refractivity contribution in [1.82, 2.24) is 9.97 Å². The van der Waals surface area contributed by atoms with Crippen LogP contribution in [0, 0.1) is 6.92 Å². The molecule has 0 bridgehead atoms. The van der Waals surface area contributed by atoms with E-state index in [1.54, 1.807) is 0 Å². The second kappa shape index (κ2) is 7.16. The molecule has 1 unspecified atom stereocenters. The van der Waals surface area contributed by atoms with E-state index in [1.165, 1.54) is 0 Å². The van der Waals surface area contributed by atoms with Crippen LogP contribution in [0.1, 0.15) is 33.0 Å². The van der Waals surface area contributed by atoms with Gasteiger partial charge in [-0.25, -0.2) is 9.97 Å². The van der Waals surface area contributed by atoms with Crippen molar-refractivity contribution in [2.24, 2.45) is 5.73 Å². The van der Waals surface area contributed by atoms with Gasteiger partial charge < -0.3 is 16.0 Å². The molecule has 3 N–H and O–H groups in total. The van der Waals surface area contributed by atoms with Gasteiger partial charge in [-0.2, -0.15) is 0 Å². The molecule has 0 spiro atoms. The van der Waals surface area contributed by atoms with E-state index in [-0.39, 0.29) is 0 Å². The molecule has 0 aliphatic rings. The zero-order valence-corrected chi connectivity index (χ0v) is 11.9. The molecule has 102 valence electrons. The highest BCUT2D eigenvalue weighted by molar-refractivity contribution is 5.49. The molecule has 1 aromatic heterocycles. The van der Waals surface area contributed by atoms with E-state index in [4.69, 9.17) is 5.73 Å². The van der Waals surface area contributed by atoms with Crippen molar-refractivity contribution in [2.75, 3.05) is 29.9 Å². The minimum absolute atomic E-state index is 0.328. The van der Waals surface area contributed by atoms with Crippen molar-refractivity contribution in [2.45, 2.75) is 40.2 Å². The summed E-state index contributed by atoms with van der Waals surface area (Å²) >= 11 is 0. The molecule has 1 heterocycles. The SMILES string of the molecule is CCN(CC)c1cc(NC(C)CCN)nc(C)n1. The summed E-state index contributed by atoms with van der Waals surface area (Å²) < 4.78 is 0. The van der Waals surface area contributed by atoms with Crippen molar-refractivity contribution in [1.29, 1.82) is 0 Å². The monoisotopic (exact) mass is 251 g/mol. The maximum atomic E-state index is 5.55. The van der Waals surface area contributed by atoms with E-state index in [1.807, 2.05) is 13.0 Å². The Hall–Kier alpha value is -1.36. The number of nitrogens with zero attached hydrogens (tertiary/aromatic N) is 3. The van der Waals surface area contributed by atoms with E-state index in [0.717, 1.165) is 37.0 Å². The topological polar surface area (TPSA) is 67.1 Å². The minimum atomic E-state index is 0.328. The van der Waals surface area contributed by atoms with E-state index < -0.39 is 0 Å². The third kappa shape index (κ3) is 4.14. The first kappa shape index (κ1) is 14.7. The van der Waals surface area contributed by atoms with Crippen LogP contribution in [0.25, 0.3) is 0 Å². The van der Waals surface area contributed by atoms with Crippen molar-refractivity contribution >= 4 is 11.6 Å². The first-order chi connectivity index (χ1) is 8.60. The maximum absolute atomic E-state index is 5.55. The fraction of sp³-hybridized carbons (Fsp3) is 0.692. The molecule has 18 heavy (non-hydrogen) atoms. The van der Waals surface area contributed by atoms with Crippen LogP contribution >= 0.6 is 0 Å². The van der Waals surface area contributed by atoms with Crippen molar-refractivity contribution in [3.8, 4) is 0 Å². The Kier molecular flexibility index (Phi) is 5.85. The highest BCUT2D eigenvalue weighted by Crippen LogP contribution is 2.16. The molecule has 0 saturated heterocycles. The first-order valence-electron chi connectivity index (χ1n) is 6.67. The molecule has 1 atom stereocenters. The zero-order chi connectivity index (χ0) is 13.5. The number of nitrogens with one attached hydrogen (secondary N) is 1. The highest BCUT2D eigenvalue weighted by atomic mass is 15.2. The van der Waals surface area contributed by atoms with Gasteiger partial charge in [0.25, 0.3) is 0 Å². The van der Waals surface area contributed by atoms with Crippen LogP contribution in [0.3, 0.4) is 0 Å². The lowest BCUT2D eigenvalue weighted by molar-refractivity contribution is 0.711. The molecule has 0 aliphatic carbocycles. The summed E-state index contributed by atoms with van der Waals surface area (Å²) in [7, 11) is 0. The van der Waals surface area contributed by atoms with E-state index >= 15 is 0 Å². The lowest BCUT2D eigenvalue weighted by Gasteiger charge is -2.21. The summed E-state index contributed by atoms with van der Waals surface area (Å²) in [4.78, 5) is 11.1. The number of rotatable bonds is 7. The minimum Gasteiger partial charge on any atom is -0.367 e. The van der Waals surface area contributed by atoms with Crippen LogP contribution in [0.5, 0.6) is 0 Å². The second-order valence-corrected chi connectivity index (χ2v) is 4.45. The Labute approximate surface area is 110 Å². The van der Waals surface area contributed by atoms with E-state index in [0.29, 0.717) is 12.6 Å². The van der Waals surface area contributed by atoms with Crippen LogP contribution in [0.4, 0.5) is 11.6 Å². The van der Waals surface area contributed by atoms with Crippen molar-refractivity contribution in [3.63, 3.8) is 0 Å². The molecular weight excluding hydrogens is 226 g/mol. The molecule has 0 aliphatic heterocycles. The third-order valence-electron chi connectivity index (χ3n) is 2.91. The fourth-order valence-corrected chi connectivity index (χ4v) is 1.91. The first-order valence-corrected chi connectivity index (χ1v) is 6.67. The molecule has 0 fully saturated rings. The number of hydrogen-bond acceptors (Lipinski definition) is 5. The third-order valence-corrected chi connectivity index (χ3v) is 2.91. The number of nitrogens with two attached hydrogens (primary N) is 1. The van der Waals surface area contributed by atoms with Crippen LogP contribution < -0.4 is 16.0 Å². The molecule has 1 aromatic rings. The summed E-state index contributed by atoms with van der Waals surface area (Å²) in [5.41, 5.74) is 5.55. The lowest BCUT2D eigenvalue weighted by atomic mass is 10.2. The summed E-state index contributed by atoms with van der Waals surface area (Å²) in [5.74, 6) is 2.65. The molecule has 1 rings (SSSR count). The Bertz CT molecular complexity index is 362. The highest BCUT2D eigenvalue weighted by Gasteiger charge is 2.08. The standard InChI is InChI=1S/C13H25N5/c1-5-18(6-2)13-9-12(16-11(4)17-13)15-10(3)7-8-14/h9-10H,5-8,14H2,1-4H3,(H,15,16,17). The second-order valence-electron chi connectivity index (χ2n) is 4.45. The normalized spacial score (nSPS) is 12.3.